The summed E-state index contributed by atoms with van der Waals surface area (Å²) in [6.07, 6.45) is -0.952. The van der Waals surface area contributed by atoms with E-state index in [-0.39, 0.29) is 12.5 Å². The Morgan fingerprint density at radius 3 is 2.00 bits per heavy atom. The summed E-state index contributed by atoms with van der Waals surface area (Å²) in [5, 5.41) is 5.57. The number of anilines is 1. The molecule has 0 saturated carbocycles. The molecule has 0 bridgehead atoms. The molecule has 3 N–H and O–H groups in total. The number of carbonyl (C=O) groups excluding carboxylic acids is 3. The van der Waals surface area contributed by atoms with E-state index in [4.69, 9.17) is 9.57 Å². The SMILES string of the molecule is O=C(N[C@H](CCc1ccccc1)C(=O)Nc1ccccc1)[C@H]1O[C@H]1C(=O)NOCc1ccccc1. The van der Waals surface area contributed by atoms with Gasteiger partial charge in [-0.1, -0.05) is 78.9 Å². The summed E-state index contributed by atoms with van der Waals surface area (Å²) in [4.78, 5) is 43.2. The smallest absolute Gasteiger partial charge is 0.275 e. The van der Waals surface area contributed by atoms with E-state index in [1.165, 1.54) is 0 Å². The Morgan fingerprint density at radius 2 is 1.34 bits per heavy atom. The third-order valence-electron chi connectivity index (χ3n) is 5.50. The molecular formula is C27H27N3O5. The quantitative estimate of drug-likeness (QED) is 0.293. The lowest BCUT2D eigenvalue weighted by Crippen LogP contribution is -2.46. The van der Waals surface area contributed by atoms with Crippen LogP contribution in [0.1, 0.15) is 17.5 Å². The fraction of sp³-hybridized carbons (Fsp3) is 0.222. The first-order chi connectivity index (χ1) is 17.1. The zero-order valence-electron chi connectivity index (χ0n) is 19.1. The number of rotatable bonds is 11. The second-order valence-corrected chi connectivity index (χ2v) is 8.16. The number of para-hydroxylation sites is 1. The minimum absolute atomic E-state index is 0.192. The van der Waals surface area contributed by atoms with Gasteiger partial charge in [-0.3, -0.25) is 19.2 Å². The Balaban J connectivity index is 1.30. The maximum Gasteiger partial charge on any atom is 0.275 e. The number of ether oxygens (including phenoxy) is 1. The van der Waals surface area contributed by atoms with E-state index in [1.54, 1.807) is 12.1 Å². The highest BCUT2D eigenvalue weighted by atomic mass is 16.7. The summed E-state index contributed by atoms with van der Waals surface area (Å²) in [5.41, 5.74) is 4.89. The molecule has 1 fully saturated rings. The molecule has 4 rings (SSSR count). The number of hydrogen-bond donors (Lipinski definition) is 3. The van der Waals surface area contributed by atoms with Gasteiger partial charge in [0.05, 0.1) is 6.61 Å². The third-order valence-corrected chi connectivity index (χ3v) is 5.50. The van der Waals surface area contributed by atoms with Crippen LogP contribution < -0.4 is 16.1 Å². The van der Waals surface area contributed by atoms with Gasteiger partial charge in [-0.15, -0.1) is 0 Å². The first kappa shape index (κ1) is 24.1. The molecular weight excluding hydrogens is 446 g/mol. The molecule has 3 amide bonds. The predicted octanol–water partition coefficient (Wildman–Crippen LogP) is 2.76. The molecule has 8 heteroatoms. The third kappa shape index (κ3) is 7.23. The molecule has 0 radical (unpaired) electrons. The van der Waals surface area contributed by atoms with Crippen molar-refractivity contribution in [2.45, 2.75) is 37.7 Å². The van der Waals surface area contributed by atoms with Crippen molar-refractivity contribution in [2.75, 3.05) is 5.32 Å². The molecule has 3 aromatic carbocycles. The molecule has 1 aliphatic heterocycles. The summed E-state index contributed by atoms with van der Waals surface area (Å²) in [5.74, 6) is -1.40. The molecule has 1 aliphatic rings. The summed E-state index contributed by atoms with van der Waals surface area (Å²) >= 11 is 0. The van der Waals surface area contributed by atoms with Crippen molar-refractivity contribution in [2.24, 2.45) is 0 Å². The molecule has 0 aliphatic carbocycles. The van der Waals surface area contributed by atoms with Gasteiger partial charge in [0, 0.05) is 5.69 Å². The van der Waals surface area contributed by atoms with Crippen LogP contribution in [-0.2, 0) is 37.0 Å². The van der Waals surface area contributed by atoms with Crippen LogP contribution in [0.3, 0.4) is 0 Å². The zero-order valence-corrected chi connectivity index (χ0v) is 19.1. The molecule has 180 valence electrons. The van der Waals surface area contributed by atoms with Crippen LogP contribution in [0.4, 0.5) is 5.69 Å². The van der Waals surface area contributed by atoms with Gasteiger partial charge >= 0.3 is 0 Å². The van der Waals surface area contributed by atoms with E-state index in [1.807, 2.05) is 78.9 Å². The number of amides is 3. The highest BCUT2D eigenvalue weighted by Crippen LogP contribution is 2.23. The maximum absolute atomic E-state index is 12.9. The standard InChI is InChI=1S/C27H27N3O5/c31-25(28-21-14-8-3-9-15-21)22(17-16-19-10-4-1-5-11-19)29-26(32)23-24(35-23)27(33)30-34-18-20-12-6-2-7-13-20/h1-15,22-24H,16-18H2,(H,28,31)(H,29,32)(H,30,33)/t22-,23+,24-/m1/s1. The fourth-order valence-electron chi connectivity index (χ4n) is 3.56. The van der Waals surface area contributed by atoms with Gasteiger partial charge in [-0.05, 0) is 36.1 Å². The van der Waals surface area contributed by atoms with E-state index in [2.05, 4.69) is 16.1 Å². The Labute approximate surface area is 203 Å². The molecule has 1 heterocycles. The monoisotopic (exact) mass is 473 g/mol. The summed E-state index contributed by atoms with van der Waals surface area (Å²) in [6, 6.07) is 27.3. The first-order valence-electron chi connectivity index (χ1n) is 11.4. The van der Waals surface area contributed by atoms with E-state index in [0.717, 1.165) is 11.1 Å². The first-order valence-corrected chi connectivity index (χ1v) is 11.4. The fourth-order valence-corrected chi connectivity index (χ4v) is 3.56. The number of epoxide rings is 1. The lowest BCUT2D eigenvalue weighted by Gasteiger charge is -2.18. The molecule has 35 heavy (non-hydrogen) atoms. The number of benzene rings is 3. The lowest BCUT2D eigenvalue weighted by molar-refractivity contribution is -0.136. The van der Waals surface area contributed by atoms with Crippen molar-refractivity contribution in [3.05, 3.63) is 102 Å². The summed E-state index contributed by atoms with van der Waals surface area (Å²) < 4.78 is 5.27. The van der Waals surface area contributed by atoms with E-state index in [9.17, 15) is 14.4 Å². The average Bonchev–Trinajstić information content (AvgIpc) is 3.70. The molecule has 0 aromatic heterocycles. The molecule has 0 spiro atoms. The van der Waals surface area contributed by atoms with E-state index in [0.29, 0.717) is 18.5 Å². The number of hydrogen-bond acceptors (Lipinski definition) is 5. The lowest BCUT2D eigenvalue weighted by atomic mass is 10.0. The number of aryl methyl sites for hydroxylation is 1. The Morgan fingerprint density at radius 1 is 0.771 bits per heavy atom. The van der Waals surface area contributed by atoms with Crippen molar-refractivity contribution >= 4 is 23.4 Å². The van der Waals surface area contributed by atoms with Crippen molar-refractivity contribution in [1.82, 2.24) is 10.8 Å². The minimum atomic E-state index is -0.973. The zero-order chi connectivity index (χ0) is 24.5. The predicted molar refractivity (Wildman–Crippen MR) is 130 cm³/mol. The molecule has 0 unspecified atom stereocenters. The van der Waals surface area contributed by atoms with Crippen LogP contribution in [-0.4, -0.2) is 36.0 Å². The van der Waals surface area contributed by atoms with Crippen LogP contribution >= 0.6 is 0 Å². The van der Waals surface area contributed by atoms with Crippen molar-refractivity contribution in [3.63, 3.8) is 0 Å². The van der Waals surface area contributed by atoms with Gasteiger partial charge in [0.1, 0.15) is 6.04 Å². The van der Waals surface area contributed by atoms with Crippen LogP contribution in [0.2, 0.25) is 0 Å². The molecule has 3 aromatic rings. The highest BCUT2D eigenvalue weighted by molar-refractivity contribution is 6.00. The molecule has 3 atom stereocenters. The molecule has 1 saturated heterocycles. The van der Waals surface area contributed by atoms with Crippen molar-refractivity contribution in [1.29, 1.82) is 0 Å². The van der Waals surface area contributed by atoms with E-state index >= 15 is 0 Å². The Bertz CT molecular complexity index is 1130. The number of carbonyl (C=O) groups is 3. The van der Waals surface area contributed by atoms with Gasteiger partial charge < -0.3 is 15.4 Å². The van der Waals surface area contributed by atoms with Gasteiger partial charge in [0.25, 0.3) is 11.8 Å². The topological polar surface area (TPSA) is 109 Å². The molecule has 8 nitrogen and oxygen atoms in total. The van der Waals surface area contributed by atoms with Gasteiger partial charge in [-0.25, -0.2) is 5.48 Å². The number of nitrogens with one attached hydrogen (secondary N) is 3. The van der Waals surface area contributed by atoms with Crippen molar-refractivity contribution < 1.29 is 24.0 Å². The van der Waals surface area contributed by atoms with Gasteiger partial charge in [0.15, 0.2) is 12.2 Å². The summed E-state index contributed by atoms with van der Waals surface area (Å²) in [7, 11) is 0. The van der Waals surface area contributed by atoms with Crippen LogP contribution in [0.15, 0.2) is 91.0 Å². The van der Waals surface area contributed by atoms with Gasteiger partial charge in [0.2, 0.25) is 5.91 Å². The second kappa shape index (κ2) is 11.9. The van der Waals surface area contributed by atoms with Crippen molar-refractivity contribution in [3.8, 4) is 0 Å². The second-order valence-electron chi connectivity index (χ2n) is 8.16. The normalized spacial score (nSPS) is 17.1. The van der Waals surface area contributed by atoms with E-state index < -0.39 is 30.1 Å². The summed E-state index contributed by atoms with van der Waals surface area (Å²) in [6.45, 7) is 0.192. The largest absolute Gasteiger partial charge is 0.349 e. The minimum Gasteiger partial charge on any atom is -0.349 e. The Kier molecular flexibility index (Phi) is 8.21. The average molecular weight is 474 g/mol. The Hall–Kier alpha value is -4.01. The maximum atomic E-state index is 12.9. The number of hydroxylamine groups is 1. The van der Waals surface area contributed by atoms with Crippen LogP contribution in [0, 0.1) is 0 Å². The van der Waals surface area contributed by atoms with Crippen LogP contribution in [0.5, 0.6) is 0 Å². The van der Waals surface area contributed by atoms with Crippen LogP contribution in [0.25, 0.3) is 0 Å². The highest BCUT2D eigenvalue weighted by Gasteiger charge is 2.51. The van der Waals surface area contributed by atoms with Gasteiger partial charge in [-0.2, -0.15) is 0 Å².